The first-order valence-corrected chi connectivity index (χ1v) is 6.22. The molecular weight excluding hydrogens is 202 g/mol. The van der Waals surface area contributed by atoms with Gasteiger partial charge in [0.25, 0.3) is 0 Å². The molecule has 0 spiro atoms. The molecule has 0 aromatic carbocycles. The van der Waals surface area contributed by atoms with Crippen LogP contribution >= 0.6 is 23.3 Å². The van der Waals surface area contributed by atoms with Crippen LogP contribution in [0.1, 0.15) is 19.2 Å². The number of nitrogens with zero attached hydrogens (tertiary/aromatic N) is 2. The third kappa shape index (κ3) is 4.06. The smallest absolute Gasteiger partial charge is 0.170 e. The van der Waals surface area contributed by atoms with Crippen LogP contribution in [0.4, 0.5) is 0 Å². The van der Waals surface area contributed by atoms with E-state index in [0.29, 0.717) is 0 Å². The van der Waals surface area contributed by atoms with Crippen LogP contribution in [0.2, 0.25) is 0 Å². The molecule has 0 radical (unpaired) electrons. The Morgan fingerprint density at radius 2 is 2.38 bits per heavy atom. The molecule has 0 aliphatic rings. The second-order valence-electron chi connectivity index (χ2n) is 2.64. The lowest BCUT2D eigenvalue weighted by Gasteiger charge is -1.96. The van der Waals surface area contributed by atoms with E-state index in [0.717, 1.165) is 28.9 Å². The highest BCUT2D eigenvalue weighted by Crippen LogP contribution is 2.20. The van der Waals surface area contributed by atoms with E-state index < -0.39 is 0 Å². The van der Waals surface area contributed by atoms with E-state index in [9.17, 15) is 0 Å². The predicted octanol–water partition coefficient (Wildman–Crippen LogP) is 1.80. The molecule has 0 unspecified atom stereocenters. The van der Waals surface area contributed by atoms with E-state index in [4.69, 9.17) is 0 Å². The molecule has 0 aliphatic heterocycles. The maximum atomic E-state index is 4.38. The minimum absolute atomic E-state index is 0.938. The highest BCUT2D eigenvalue weighted by Gasteiger charge is 2.01. The first-order chi connectivity index (χ1) is 6.36. The summed E-state index contributed by atoms with van der Waals surface area (Å²) in [6.45, 7) is 3.16. The van der Waals surface area contributed by atoms with Crippen LogP contribution in [0.25, 0.3) is 0 Å². The predicted molar refractivity (Wildman–Crippen MR) is 58.6 cm³/mol. The van der Waals surface area contributed by atoms with Crippen LogP contribution in [0.3, 0.4) is 0 Å². The van der Waals surface area contributed by atoms with Crippen LogP contribution in [0.15, 0.2) is 4.34 Å². The molecule has 13 heavy (non-hydrogen) atoms. The number of thioether (sulfide) groups is 1. The van der Waals surface area contributed by atoms with Gasteiger partial charge in [0.05, 0.1) is 0 Å². The maximum absolute atomic E-state index is 4.38. The van der Waals surface area contributed by atoms with Crippen molar-refractivity contribution in [3.05, 3.63) is 5.82 Å². The Kier molecular flexibility index (Phi) is 5.34. The standard InChI is InChI=1S/C8H15N3S2/c1-3-7-10-8(13-11-7)12-6-4-5-9-2/h9H,3-6H2,1-2H3. The fourth-order valence-electron chi connectivity index (χ4n) is 0.849. The van der Waals surface area contributed by atoms with Crippen molar-refractivity contribution in [3.63, 3.8) is 0 Å². The molecule has 74 valence electrons. The summed E-state index contributed by atoms with van der Waals surface area (Å²) in [5.41, 5.74) is 0. The van der Waals surface area contributed by atoms with Gasteiger partial charge in [-0.2, -0.15) is 4.37 Å². The molecule has 1 heterocycles. The average Bonchev–Trinajstić information content (AvgIpc) is 2.60. The van der Waals surface area contributed by atoms with Gasteiger partial charge in [-0.3, -0.25) is 0 Å². The number of hydrogen-bond acceptors (Lipinski definition) is 5. The highest BCUT2D eigenvalue weighted by atomic mass is 32.2. The van der Waals surface area contributed by atoms with Gasteiger partial charge in [0.2, 0.25) is 0 Å². The molecule has 0 fully saturated rings. The summed E-state index contributed by atoms with van der Waals surface area (Å²) in [4.78, 5) is 4.38. The molecule has 0 amide bonds. The molecule has 0 aliphatic carbocycles. The van der Waals surface area contributed by atoms with Gasteiger partial charge in [-0.05, 0) is 31.5 Å². The summed E-state index contributed by atoms with van der Waals surface area (Å²) >= 11 is 3.32. The second-order valence-corrected chi connectivity index (χ2v) is 4.73. The normalized spacial score (nSPS) is 10.6. The Labute approximate surface area is 87.5 Å². The van der Waals surface area contributed by atoms with E-state index in [2.05, 4.69) is 21.6 Å². The van der Waals surface area contributed by atoms with E-state index in [1.165, 1.54) is 18.0 Å². The Bertz CT molecular complexity index is 237. The van der Waals surface area contributed by atoms with Gasteiger partial charge in [0.15, 0.2) is 4.34 Å². The third-order valence-electron chi connectivity index (χ3n) is 1.56. The van der Waals surface area contributed by atoms with Gasteiger partial charge >= 0.3 is 0 Å². The lowest BCUT2D eigenvalue weighted by molar-refractivity contribution is 0.778. The highest BCUT2D eigenvalue weighted by molar-refractivity contribution is 8.00. The van der Waals surface area contributed by atoms with Crippen LogP contribution in [-0.2, 0) is 6.42 Å². The number of aromatic nitrogens is 2. The largest absolute Gasteiger partial charge is 0.320 e. The summed E-state index contributed by atoms with van der Waals surface area (Å²) in [5.74, 6) is 2.10. The molecule has 1 rings (SSSR count). The lowest BCUT2D eigenvalue weighted by atomic mass is 10.5. The van der Waals surface area contributed by atoms with Crippen molar-refractivity contribution in [1.29, 1.82) is 0 Å². The first kappa shape index (κ1) is 10.9. The zero-order valence-corrected chi connectivity index (χ0v) is 9.67. The molecule has 3 nitrogen and oxygen atoms in total. The Morgan fingerprint density at radius 3 is 3.00 bits per heavy atom. The molecule has 0 saturated carbocycles. The van der Waals surface area contributed by atoms with Gasteiger partial charge in [-0.25, -0.2) is 4.98 Å². The Hall–Kier alpha value is -0.130. The van der Waals surface area contributed by atoms with Gasteiger partial charge in [0, 0.05) is 12.2 Å². The summed E-state index contributed by atoms with van der Waals surface area (Å²) in [7, 11) is 1.98. The van der Waals surface area contributed by atoms with Gasteiger partial charge in [-0.1, -0.05) is 18.7 Å². The number of nitrogens with one attached hydrogen (secondary N) is 1. The summed E-state index contributed by atoms with van der Waals surface area (Å²) < 4.78 is 5.33. The van der Waals surface area contributed by atoms with Crippen molar-refractivity contribution in [1.82, 2.24) is 14.7 Å². The van der Waals surface area contributed by atoms with Gasteiger partial charge in [0.1, 0.15) is 5.82 Å². The molecule has 5 heteroatoms. The molecular formula is C8H15N3S2. The SMILES string of the molecule is CCc1nsc(SCCCNC)n1. The minimum atomic E-state index is 0.938. The minimum Gasteiger partial charge on any atom is -0.320 e. The monoisotopic (exact) mass is 217 g/mol. The van der Waals surface area contributed by atoms with Crippen LogP contribution < -0.4 is 5.32 Å². The average molecular weight is 217 g/mol. The fourth-order valence-corrected chi connectivity index (χ4v) is 2.55. The number of hydrogen-bond donors (Lipinski definition) is 1. The zero-order valence-electron chi connectivity index (χ0n) is 8.04. The quantitative estimate of drug-likeness (QED) is 0.582. The summed E-state index contributed by atoms with van der Waals surface area (Å²) in [6, 6.07) is 0. The maximum Gasteiger partial charge on any atom is 0.170 e. The first-order valence-electron chi connectivity index (χ1n) is 4.46. The molecule has 1 aromatic rings. The molecule has 1 N–H and O–H groups in total. The lowest BCUT2D eigenvalue weighted by Crippen LogP contribution is -2.07. The van der Waals surface area contributed by atoms with Crippen molar-refractivity contribution in [2.24, 2.45) is 0 Å². The third-order valence-corrected chi connectivity index (χ3v) is 3.52. The van der Waals surface area contributed by atoms with Crippen LogP contribution in [-0.4, -0.2) is 28.7 Å². The van der Waals surface area contributed by atoms with Crippen molar-refractivity contribution in [3.8, 4) is 0 Å². The van der Waals surface area contributed by atoms with Gasteiger partial charge < -0.3 is 5.32 Å². The van der Waals surface area contributed by atoms with E-state index in [-0.39, 0.29) is 0 Å². The zero-order chi connectivity index (χ0) is 9.52. The van der Waals surface area contributed by atoms with Crippen molar-refractivity contribution < 1.29 is 0 Å². The number of rotatable bonds is 6. The molecule has 0 bridgehead atoms. The van der Waals surface area contributed by atoms with E-state index in [1.54, 1.807) is 11.8 Å². The van der Waals surface area contributed by atoms with Crippen molar-refractivity contribution in [2.45, 2.75) is 24.1 Å². The fraction of sp³-hybridized carbons (Fsp3) is 0.750. The van der Waals surface area contributed by atoms with Gasteiger partial charge in [-0.15, -0.1) is 0 Å². The molecule has 0 atom stereocenters. The molecule has 1 aromatic heterocycles. The number of aryl methyl sites for hydroxylation is 1. The van der Waals surface area contributed by atoms with Crippen molar-refractivity contribution in [2.75, 3.05) is 19.3 Å². The van der Waals surface area contributed by atoms with E-state index >= 15 is 0 Å². The van der Waals surface area contributed by atoms with E-state index in [1.807, 2.05) is 7.05 Å². The molecule has 0 saturated heterocycles. The van der Waals surface area contributed by atoms with Crippen LogP contribution in [0, 0.1) is 0 Å². The Morgan fingerprint density at radius 1 is 1.54 bits per heavy atom. The van der Waals surface area contributed by atoms with Crippen LogP contribution in [0.5, 0.6) is 0 Å². The van der Waals surface area contributed by atoms with Crippen molar-refractivity contribution >= 4 is 23.3 Å². The summed E-state index contributed by atoms with van der Waals surface area (Å²) in [6.07, 6.45) is 2.12. The second kappa shape index (κ2) is 6.34. The summed E-state index contributed by atoms with van der Waals surface area (Å²) in [5, 5.41) is 3.12. The Balaban J connectivity index is 2.20. The topological polar surface area (TPSA) is 37.8 Å².